The van der Waals surface area contributed by atoms with Gasteiger partial charge >= 0.3 is 0 Å². The van der Waals surface area contributed by atoms with Gasteiger partial charge in [0.15, 0.2) is 5.13 Å². The molecule has 2 aliphatic heterocycles. The first kappa shape index (κ1) is 23.7. The number of thiazole rings is 1. The maximum Gasteiger partial charge on any atom is 0.247 e. The van der Waals surface area contributed by atoms with Crippen LogP contribution >= 0.6 is 22.9 Å². The largest absolute Gasteiger partial charge is 0.376 e. The Morgan fingerprint density at radius 1 is 1.21 bits per heavy atom. The van der Waals surface area contributed by atoms with E-state index < -0.39 is 16.1 Å². The van der Waals surface area contributed by atoms with Crippen LogP contribution in [0.5, 0.6) is 0 Å². The fourth-order valence-electron chi connectivity index (χ4n) is 4.64. The minimum Gasteiger partial charge on any atom is -0.376 e. The Morgan fingerprint density at radius 2 is 2.00 bits per heavy atom. The van der Waals surface area contributed by atoms with Crippen LogP contribution in [0.2, 0.25) is 5.02 Å². The average molecular weight is 520 g/mol. The maximum absolute atomic E-state index is 13.9. The van der Waals surface area contributed by atoms with Gasteiger partial charge in [0.1, 0.15) is 6.04 Å². The molecular weight excluding hydrogens is 494 g/mol. The number of rotatable bonds is 6. The van der Waals surface area contributed by atoms with Crippen molar-refractivity contribution < 1.29 is 17.9 Å². The second-order valence-electron chi connectivity index (χ2n) is 8.73. The van der Waals surface area contributed by atoms with E-state index in [0.29, 0.717) is 42.7 Å². The number of halogens is 1. The Bertz CT molecular complexity index is 1300. The van der Waals surface area contributed by atoms with E-state index in [-0.39, 0.29) is 16.9 Å². The van der Waals surface area contributed by atoms with Gasteiger partial charge in [-0.3, -0.25) is 9.69 Å². The number of carbonyl (C=O) groups excluding carboxylic acids is 1. The van der Waals surface area contributed by atoms with Crippen molar-refractivity contribution in [1.29, 1.82) is 0 Å². The van der Waals surface area contributed by atoms with Gasteiger partial charge < -0.3 is 4.74 Å². The van der Waals surface area contributed by atoms with Crippen LogP contribution in [0.3, 0.4) is 0 Å². The Kier molecular flexibility index (Phi) is 6.65. The smallest absolute Gasteiger partial charge is 0.247 e. The van der Waals surface area contributed by atoms with Crippen molar-refractivity contribution in [3.8, 4) is 0 Å². The molecule has 1 amide bonds. The van der Waals surface area contributed by atoms with Crippen molar-refractivity contribution in [2.75, 3.05) is 24.6 Å². The number of anilines is 1. The summed E-state index contributed by atoms with van der Waals surface area (Å²) < 4.78 is 35.0. The quantitative estimate of drug-likeness (QED) is 0.474. The normalized spacial score (nSPS) is 21.4. The third kappa shape index (κ3) is 4.47. The zero-order chi connectivity index (χ0) is 23.9. The number of hydrogen-bond donors (Lipinski definition) is 0. The third-order valence-electron chi connectivity index (χ3n) is 6.43. The number of nitrogens with zero attached hydrogens (tertiary/aromatic N) is 3. The molecule has 10 heteroatoms. The molecule has 7 nitrogen and oxygen atoms in total. The lowest BCUT2D eigenvalue weighted by Crippen LogP contribution is -2.49. The van der Waals surface area contributed by atoms with Crippen LogP contribution in [-0.2, 0) is 19.6 Å². The molecule has 34 heavy (non-hydrogen) atoms. The summed E-state index contributed by atoms with van der Waals surface area (Å²) >= 11 is 7.40. The molecule has 3 aromatic rings. The molecule has 0 aliphatic carbocycles. The van der Waals surface area contributed by atoms with E-state index in [1.807, 2.05) is 25.1 Å². The zero-order valence-electron chi connectivity index (χ0n) is 18.8. The number of para-hydroxylation sites is 1. The summed E-state index contributed by atoms with van der Waals surface area (Å²) in [6, 6.07) is 11.2. The molecule has 2 saturated heterocycles. The molecule has 2 aliphatic rings. The number of fused-ring (bicyclic) bond motifs is 1. The lowest BCUT2D eigenvalue weighted by molar-refractivity contribution is -0.122. The van der Waals surface area contributed by atoms with Crippen molar-refractivity contribution >= 4 is 54.2 Å². The Labute approximate surface area is 208 Å². The molecule has 2 unspecified atom stereocenters. The van der Waals surface area contributed by atoms with E-state index in [0.717, 1.165) is 28.6 Å². The van der Waals surface area contributed by atoms with Gasteiger partial charge in [-0.1, -0.05) is 35.1 Å². The number of benzene rings is 2. The molecule has 0 saturated carbocycles. The molecule has 180 valence electrons. The summed E-state index contributed by atoms with van der Waals surface area (Å²) in [5, 5.41) is 1.04. The number of amides is 1. The van der Waals surface area contributed by atoms with E-state index in [4.69, 9.17) is 21.3 Å². The molecule has 3 heterocycles. The summed E-state index contributed by atoms with van der Waals surface area (Å²) in [5.74, 6) is -0.248. The van der Waals surface area contributed by atoms with Crippen LogP contribution < -0.4 is 4.90 Å². The van der Waals surface area contributed by atoms with Crippen molar-refractivity contribution in [3.05, 3.63) is 53.1 Å². The van der Waals surface area contributed by atoms with Crippen LogP contribution in [0.25, 0.3) is 10.2 Å². The molecule has 2 atom stereocenters. The summed E-state index contributed by atoms with van der Waals surface area (Å²) in [7, 11) is -3.85. The average Bonchev–Trinajstić information content (AvgIpc) is 3.58. The summed E-state index contributed by atoms with van der Waals surface area (Å²) in [5.41, 5.74) is 1.90. The van der Waals surface area contributed by atoms with Gasteiger partial charge in [-0.25, -0.2) is 13.4 Å². The summed E-state index contributed by atoms with van der Waals surface area (Å²) in [6.07, 6.45) is 2.82. The molecular formula is C24H26ClN3O4S2. The zero-order valence-corrected chi connectivity index (χ0v) is 21.2. The van der Waals surface area contributed by atoms with Gasteiger partial charge in [0, 0.05) is 18.2 Å². The Morgan fingerprint density at radius 3 is 2.71 bits per heavy atom. The van der Waals surface area contributed by atoms with Crippen molar-refractivity contribution in [2.24, 2.45) is 0 Å². The molecule has 0 bridgehead atoms. The number of hydrogen-bond acceptors (Lipinski definition) is 6. The van der Waals surface area contributed by atoms with E-state index in [1.165, 1.54) is 27.8 Å². The molecule has 1 aromatic heterocycles. The first-order chi connectivity index (χ1) is 16.3. The van der Waals surface area contributed by atoms with Gasteiger partial charge in [0.2, 0.25) is 15.9 Å². The summed E-state index contributed by atoms with van der Waals surface area (Å²) in [4.78, 5) is 20.5. The molecule has 5 rings (SSSR count). The highest BCUT2D eigenvalue weighted by atomic mass is 35.5. The minimum atomic E-state index is -3.85. The topological polar surface area (TPSA) is 79.8 Å². The monoisotopic (exact) mass is 519 g/mol. The fraction of sp³-hybridized carbons (Fsp3) is 0.417. The number of aromatic nitrogens is 1. The van der Waals surface area contributed by atoms with Crippen LogP contribution in [0.15, 0.2) is 47.4 Å². The predicted octanol–water partition coefficient (Wildman–Crippen LogP) is 4.62. The van der Waals surface area contributed by atoms with Crippen molar-refractivity contribution in [1.82, 2.24) is 9.29 Å². The fourth-order valence-corrected chi connectivity index (χ4v) is 7.48. The molecule has 0 N–H and O–H groups in total. The van der Waals surface area contributed by atoms with E-state index in [1.54, 1.807) is 17.0 Å². The van der Waals surface area contributed by atoms with Crippen LogP contribution in [0, 0.1) is 6.92 Å². The van der Waals surface area contributed by atoms with Gasteiger partial charge in [-0.15, -0.1) is 0 Å². The number of carbonyl (C=O) groups is 1. The predicted molar refractivity (Wildman–Crippen MR) is 134 cm³/mol. The molecule has 2 aromatic carbocycles. The number of aryl methyl sites for hydroxylation is 1. The Hall–Kier alpha value is -2.04. The highest BCUT2D eigenvalue weighted by Crippen LogP contribution is 2.34. The second kappa shape index (κ2) is 9.54. The lowest BCUT2D eigenvalue weighted by Gasteiger charge is -2.29. The number of ether oxygens (including phenoxy) is 1. The standard InChI is InChI=1S/C24H26ClN3O4S2/c1-16-5-2-8-21-22(16)26-24(33-21)27(15-18-6-4-14-32-18)23(29)20-7-3-13-28(20)34(30,31)19-11-9-17(25)10-12-19/h2,5,8-12,18,20H,3-4,6-7,13-15H2,1H3. The molecule has 0 radical (unpaired) electrons. The van der Waals surface area contributed by atoms with Crippen molar-refractivity contribution in [2.45, 2.75) is 49.6 Å². The highest BCUT2D eigenvalue weighted by molar-refractivity contribution is 7.89. The first-order valence-electron chi connectivity index (χ1n) is 11.4. The third-order valence-corrected chi connectivity index (χ3v) is 9.64. The number of sulfonamides is 1. The first-order valence-corrected chi connectivity index (χ1v) is 14.0. The molecule has 0 spiro atoms. The highest BCUT2D eigenvalue weighted by Gasteiger charge is 2.42. The van der Waals surface area contributed by atoms with Gasteiger partial charge in [0.05, 0.1) is 27.8 Å². The maximum atomic E-state index is 13.9. The van der Waals surface area contributed by atoms with E-state index >= 15 is 0 Å². The van der Waals surface area contributed by atoms with Gasteiger partial charge in [0.25, 0.3) is 0 Å². The summed E-state index contributed by atoms with van der Waals surface area (Å²) in [6.45, 7) is 3.33. The second-order valence-corrected chi connectivity index (χ2v) is 12.1. The van der Waals surface area contributed by atoms with Crippen LogP contribution in [0.4, 0.5) is 5.13 Å². The molecule has 2 fully saturated rings. The van der Waals surface area contributed by atoms with Gasteiger partial charge in [-0.05, 0) is 68.5 Å². The van der Waals surface area contributed by atoms with Crippen molar-refractivity contribution in [3.63, 3.8) is 0 Å². The SMILES string of the molecule is Cc1cccc2sc(N(CC3CCCO3)C(=O)C3CCCN3S(=O)(=O)c3ccc(Cl)cc3)nc12. The van der Waals surface area contributed by atoms with E-state index in [2.05, 4.69) is 0 Å². The van der Waals surface area contributed by atoms with Gasteiger partial charge in [-0.2, -0.15) is 4.31 Å². The minimum absolute atomic E-state index is 0.0835. The van der Waals surface area contributed by atoms with Crippen LogP contribution in [0.1, 0.15) is 31.2 Å². The lowest BCUT2D eigenvalue weighted by atomic mass is 10.2. The Balaban J connectivity index is 1.49. The van der Waals surface area contributed by atoms with E-state index in [9.17, 15) is 13.2 Å². The van der Waals surface area contributed by atoms with Crippen LogP contribution in [-0.4, -0.2) is 55.5 Å².